The van der Waals surface area contributed by atoms with E-state index >= 15 is 0 Å². The zero-order valence-electron chi connectivity index (χ0n) is 15.7. The molecule has 0 radical (unpaired) electrons. The highest BCUT2D eigenvalue weighted by Crippen LogP contribution is 2.29. The molecule has 0 aliphatic heterocycles. The number of methoxy groups -OCH3 is 2. The highest BCUT2D eigenvalue weighted by Gasteiger charge is 2.06. The smallest absolute Gasteiger partial charge is 0.193 e. The minimum atomic E-state index is 0. The van der Waals surface area contributed by atoms with Gasteiger partial charge in [0.05, 0.1) is 19.9 Å². The van der Waals surface area contributed by atoms with Crippen molar-refractivity contribution in [2.45, 2.75) is 6.42 Å². The molecule has 148 valence electrons. The number of nitrogens with one attached hydrogen (secondary N) is 1. The minimum absolute atomic E-state index is 0. The molecule has 0 atom stereocenters. The molecule has 0 aliphatic rings. The lowest BCUT2D eigenvalue weighted by Gasteiger charge is -2.10. The molecule has 3 aromatic rings. The molecule has 0 unspecified atom stereocenters. The van der Waals surface area contributed by atoms with Crippen LogP contribution in [-0.2, 0) is 6.42 Å². The quantitative estimate of drug-likeness (QED) is 0.280. The molecule has 1 aromatic heterocycles. The summed E-state index contributed by atoms with van der Waals surface area (Å²) in [5, 5.41) is 6.14. The second-order valence-electron chi connectivity index (χ2n) is 5.72. The number of thiazole rings is 1. The van der Waals surface area contributed by atoms with Crippen LogP contribution in [0.2, 0.25) is 0 Å². The lowest BCUT2D eigenvalue weighted by atomic mass is 10.2. The van der Waals surface area contributed by atoms with Crippen LogP contribution in [0.5, 0.6) is 11.5 Å². The monoisotopic (exact) mass is 510 g/mol. The molecule has 3 rings (SSSR count). The van der Waals surface area contributed by atoms with E-state index in [0.717, 1.165) is 28.4 Å². The van der Waals surface area contributed by atoms with Crippen LogP contribution in [0.15, 0.2) is 58.9 Å². The standard InChI is InChI=1S/C20H22N4O2S.HI/c1-25-17-9-8-15(12-18(17)26-2)24-20(21)22-11-10-16-13-27-19(23-16)14-6-4-3-5-7-14;/h3-9,12-13H,10-11H2,1-2H3,(H3,21,22,24);1H. The third-order valence-electron chi connectivity index (χ3n) is 3.88. The van der Waals surface area contributed by atoms with E-state index in [4.69, 9.17) is 15.2 Å². The van der Waals surface area contributed by atoms with Gasteiger partial charge in [-0.2, -0.15) is 0 Å². The second kappa shape index (κ2) is 10.9. The number of aromatic nitrogens is 1. The Morgan fingerprint density at radius 2 is 1.86 bits per heavy atom. The maximum Gasteiger partial charge on any atom is 0.193 e. The summed E-state index contributed by atoms with van der Waals surface area (Å²) in [6.07, 6.45) is 0.734. The van der Waals surface area contributed by atoms with Gasteiger partial charge in [-0.05, 0) is 12.1 Å². The first kappa shape index (κ1) is 22.0. The molecule has 28 heavy (non-hydrogen) atoms. The van der Waals surface area contributed by atoms with Crippen molar-refractivity contribution >= 4 is 47.0 Å². The summed E-state index contributed by atoms with van der Waals surface area (Å²) >= 11 is 1.64. The molecule has 0 saturated heterocycles. The largest absolute Gasteiger partial charge is 0.493 e. The number of ether oxygens (including phenoxy) is 2. The van der Waals surface area contributed by atoms with Crippen LogP contribution in [0.4, 0.5) is 5.69 Å². The number of guanidine groups is 1. The van der Waals surface area contributed by atoms with E-state index in [9.17, 15) is 0 Å². The van der Waals surface area contributed by atoms with Crippen LogP contribution in [0, 0.1) is 0 Å². The van der Waals surface area contributed by atoms with E-state index < -0.39 is 0 Å². The van der Waals surface area contributed by atoms with Gasteiger partial charge in [-0.1, -0.05) is 30.3 Å². The van der Waals surface area contributed by atoms with E-state index in [1.165, 1.54) is 0 Å². The molecule has 3 N–H and O–H groups in total. The van der Waals surface area contributed by atoms with Crippen molar-refractivity contribution in [1.82, 2.24) is 4.98 Å². The Bertz CT molecular complexity index is 916. The fourth-order valence-corrected chi connectivity index (χ4v) is 3.39. The normalized spacial score (nSPS) is 10.9. The molecule has 0 fully saturated rings. The van der Waals surface area contributed by atoms with Gasteiger partial charge in [0.2, 0.25) is 0 Å². The van der Waals surface area contributed by atoms with Crippen LogP contribution in [0.25, 0.3) is 10.6 Å². The molecule has 0 aliphatic carbocycles. The Kier molecular flexibility index (Phi) is 8.52. The maximum atomic E-state index is 5.98. The predicted molar refractivity (Wildman–Crippen MR) is 126 cm³/mol. The zero-order chi connectivity index (χ0) is 19.1. The molecule has 0 amide bonds. The fraction of sp³-hybridized carbons (Fsp3) is 0.200. The van der Waals surface area contributed by atoms with Gasteiger partial charge in [0.25, 0.3) is 0 Å². The van der Waals surface area contributed by atoms with Gasteiger partial charge in [-0.25, -0.2) is 4.98 Å². The van der Waals surface area contributed by atoms with E-state index in [1.54, 1.807) is 25.6 Å². The highest BCUT2D eigenvalue weighted by molar-refractivity contribution is 14.0. The average molecular weight is 510 g/mol. The number of hydrogen-bond donors (Lipinski definition) is 2. The number of nitrogens with two attached hydrogens (primary N) is 1. The summed E-state index contributed by atoms with van der Waals surface area (Å²) in [5.74, 6) is 1.64. The third kappa shape index (κ3) is 5.83. The molecule has 0 saturated carbocycles. The zero-order valence-corrected chi connectivity index (χ0v) is 18.9. The van der Waals surface area contributed by atoms with Crippen molar-refractivity contribution in [3.05, 3.63) is 59.6 Å². The van der Waals surface area contributed by atoms with Crippen LogP contribution in [0.3, 0.4) is 0 Å². The topological polar surface area (TPSA) is 81.8 Å². The molecule has 8 heteroatoms. The molecule has 6 nitrogen and oxygen atoms in total. The van der Waals surface area contributed by atoms with Crippen molar-refractivity contribution in [2.75, 3.05) is 26.1 Å². The van der Waals surface area contributed by atoms with Gasteiger partial charge in [0, 0.05) is 35.7 Å². The number of halogens is 1. The number of anilines is 1. The van der Waals surface area contributed by atoms with Crippen molar-refractivity contribution in [1.29, 1.82) is 0 Å². The summed E-state index contributed by atoms with van der Waals surface area (Å²) in [6.45, 7) is 0.560. The molecule has 2 aromatic carbocycles. The first-order chi connectivity index (χ1) is 13.2. The predicted octanol–water partition coefficient (Wildman–Crippen LogP) is 4.41. The number of hydrogen-bond acceptors (Lipinski definition) is 5. The summed E-state index contributed by atoms with van der Waals surface area (Å²) in [4.78, 5) is 9.03. The second-order valence-corrected chi connectivity index (χ2v) is 6.58. The van der Waals surface area contributed by atoms with E-state index in [1.807, 2.05) is 36.4 Å². The van der Waals surface area contributed by atoms with Crippen molar-refractivity contribution in [3.63, 3.8) is 0 Å². The maximum absolute atomic E-state index is 5.98. The van der Waals surface area contributed by atoms with E-state index in [2.05, 4.69) is 32.8 Å². The SMILES string of the molecule is COc1ccc(NC(N)=NCCc2csc(-c3ccccc3)n2)cc1OC.I. The molecule has 0 bridgehead atoms. The molecular weight excluding hydrogens is 487 g/mol. The molecule has 1 heterocycles. The van der Waals surface area contributed by atoms with Gasteiger partial charge in [-0.15, -0.1) is 35.3 Å². The van der Waals surface area contributed by atoms with Crippen molar-refractivity contribution < 1.29 is 9.47 Å². The Balaban J connectivity index is 0.00000280. The number of aliphatic imine (C=N–C) groups is 1. The first-order valence-electron chi connectivity index (χ1n) is 8.48. The number of benzene rings is 2. The van der Waals surface area contributed by atoms with Crippen LogP contribution in [0.1, 0.15) is 5.69 Å². The van der Waals surface area contributed by atoms with Gasteiger partial charge >= 0.3 is 0 Å². The lowest BCUT2D eigenvalue weighted by molar-refractivity contribution is 0.355. The minimum Gasteiger partial charge on any atom is -0.493 e. The summed E-state index contributed by atoms with van der Waals surface area (Å²) in [7, 11) is 3.19. The van der Waals surface area contributed by atoms with Crippen LogP contribution in [-0.4, -0.2) is 31.7 Å². The average Bonchev–Trinajstić information content (AvgIpc) is 3.17. The number of rotatable bonds is 7. The fourth-order valence-electron chi connectivity index (χ4n) is 2.53. The Labute approximate surface area is 185 Å². The summed E-state index contributed by atoms with van der Waals surface area (Å²) in [6, 6.07) is 15.6. The van der Waals surface area contributed by atoms with Gasteiger partial charge in [0.1, 0.15) is 5.01 Å². The van der Waals surface area contributed by atoms with Crippen molar-refractivity contribution in [3.8, 4) is 22.1 Å². The van der Waals surface area contributed by atoms with Gasteiger partial charge in [-0.3, -0.25) is 4.99 Å². The molecular formula is C20H23IN4O2S. The Morgan fingerprint density at radius 1 is 1.11 bits per heavy atom. The van der Waals surface area contributed by atoms with Gasteiger partial charge in [0.15, 0.2) is 17.5 Å². The Morgan fingerprint density at radius 3 is 2.57 bits per heavy atom. The number of nitrogens with zero attached hydrogens (tertiary/aromatic N) is 2. The third-order valence-corrected chi connectivity index (χ3v) is 4.82. The Hall–Kier alpha value is -2.33. The van der Waals surface area contributed by atoms with Crippen LogP contribution >= 0.6 is 35.3 Å². The van der Waals surface area contributed by atoms with Gasteiger partial charge < -0.3 is 20.5 Å². The van der Waals surface area contributed by atoms with E-state index in [-0.39, 0.29) is 24.0 Å². The summed E-state index contributed by atoms with van der Waals surface area (Å²) in [5.41, 5.74) is 8.91. The summed E-state index contributed by atoms with van der Waals surface area (Å²) < 4.78 is 10.5. The van der Waals surface area contributed by atoms with Crippen LogP contribution < -0.4 is 20.5 Å². The van der Waals surface area contributed by atoms with E-state index in [0.29, 0.717) is 24.0 Å². The highest BCUT2D eigenvalue weighted by atomic mass is 127. The van der Waals surface area contributed by atoms with Crippen molar-refractivity contribution in [2.24, 2.45) is 10.7 Å². The first-order valence-corrected chi connectivity index (χ1v) is 9.36. The lowest BCUT2D eigenvalue weighted by Crippen LogP contribution is -2.23. The molecule has 0 spiro atoms.